The molecule has 0 unspecified atom stereocenters. The van der Waals surface area contributed by atoms with E-state index in [9.17, 15) is 8.42 Å². The maximum absolute atomic E-state index is 12.2. The lowest BCUT2D eigenvalue weighted by Crippen LogP contribution is -2.16. The molecule has 0 saturated carbocycles. The second-order valence-corrected chi connectivity index (χ2v) is 5.84. The van der Waals surface area contributed by atoms with Crippen molar-refractivity contribution >= 4 is 15.7 Å². The molecule has 0 amide bonds. The number of nitrogens with one attached hydrogen (secondary N) is 2. The van der Waals surface area contributed by atoms with Gasteiger partial charge in [0, 0.05) is 6.54 Å². The molecule has 0 saturated heterocycles. The number of likely N-dealkylation sites (N-methyl/N-ethyl adjacent to an activating group) is 1. The lowest BCUT2D eigenvalue weighted by Gasteiger charge is -2.09. The minimum absolute atomic E-state index is 0.146. The number of hydrogen-bond acceptors (Lipinski definition) is 6. The van der Waals surface area contributed by atoms with Crippen LogP contribution in [0.15, 0.2) is 47.9 Å². The normalized spacial score (nSPS) is 11.1. The van der Waals surface area contributed by atoms with Crippen LogP contribution >= 0.6 is 0 Å². The van der Waals surface area contributed by atoms with E-state index in [2.05, 4.69) is 20.0 Å². The van der Waals surface area contributed by atoms with Crippen molar-refractivity contribution in [1.82, 2.24) is 15.3 Å². The monoisotopic (exact) mass is 308 g/mol. The number of hydrogen-bond donors (Lipinski definition) is 2. The van der Waals surface area contributed by atoms with Crippen LogP contribution in [0.2, 0.25) is 0 Å². The molecule has 1 aromatic carbocycles. The lowest BCUT2D eigenvalue weighted by atomic mass is 10.3. The molecule has 0 aliphatic carbocycles. The van der Waals surface area contributed by atoms with Crippen LogP contribution in [0.25, 0.3) is 0 Å². The molecule has 2 aromatic rings. The van der Waals surface area contributed by atoms with E-state index in [1.165, 1.54) is 30.9 Å². The molecule has 21 heavy (non-hydrogen) atoms. The number of rotatable bonds is 7. The molecule has 1 aromatic heterocycles. The molecule has 0 aliphatic heterocycles. The summed E-state index contributed by atoms with van der Waals surface area (Å²) in [5, 5.41) is 2.96. The summed E-state index contributed by atoms with van der Waals surface area (Å²) in [4.78, 5) is 7.65. The summed E-state index contributed by atoms with van der Waals surface area (Å²) < 4.78 is 32.1. The van der Waals surface area contributed by atoms with E-state index in [0.29, 0.717) is 18.0 Å². The number of sulfonamides is 1. The lowest BCUT2D eigenvalue weighted by molar-refractivity contribution is 0.318. The minimum Gasteiger partial charge on any atom is -0.492 e. The van der Waals surface area contributed by atoms with E-state index in [1.807, 2.05) is 7.05 Å². The predicted octanol–water partition coefficient (Wildman–Crippen LogP) is 0.876. The second-order valence-electron chi connectivity index (χ2n) is 4.16. The Morgan fingerprint density at radius 3 is 2.43 bits per heavy atom. The van der Waals surface area contributed by atoms with Gasteiger partial charge in [0.1, 0.15) is 18.7 Å². The molecule has 0 atom stereocenters. The van der Waals surface area contributed by atoms with E-state index in [0.717, 1.165) is 6.54 Å². The van der Waals surface area contributed by atoms with Crippen LogP contribution in [-0.2, 0) is 10.0 Å². The molecule has 8 heteroatoms. The van der Waals surface area contributed by atoms with Crippen molar-refractivity contribution < 1.29 is 13.2 Å². The Kier molecular flexibility index (Phi) is 5.07. The largest absolute Gasteiger partial charge is 0.492 e. The van der Waals surface area contributed by atoms with E-state index in [-0.39, 0.29) is 4.90 Å². The Morgan fingerprint density at radius 1 is 1.14 bits per heavy atom. The van der Waals surface area contributed by atoms with Crippen LogP contribution in [0.4, 0.5) is 5.69 Å². The average molecular weight is 308 g/mol. The third-order valence-corrected chi connectivity index (χ3v) is 3.96. The maximum Gasteiger partial charge on any atom is 0.261 e. The van der Waals surface area contributed by atoms with Crippen molar-refractivity contribution in [1.29, 1.82) is 0 Å². The first-order valence-electron chi connectivity index (χ1n) is 6.27. The van der Waals surface area contributed by atoms with Crippen LogP contribution in [-0.4, -0.2) is 38.6 Å². The zero-order valence-corrected chi connectivity index (χ0v) is 12.3. The molecule has 0 radical (unpaired) electrons. The summed E-state index contributed by atoms with van der Waals surface area (Å²) >= 11 is 0. The second kappa shape index (κ2) is 7.00. The van der Waals surface area contributed by atoms with E-state index < -0.39 is 10.0 Å². The fourth-order valence-electron chi connectivity index (χ4n) is 1.55. The first-order valence-corrected chi connectivity index (χ1v) is 7.75. The molecule has 1 heterocycles. The van der Waals surface area contributed by atoms with Gasteiger partial charge in [-0.25, -0.2) is 18.4 Å². The maximum atomic E-state index is 12.2. The summed E-state index contributed by atoms with van der Waals surface area (Å²) in [6.07, 6.45) is 4.11. The Morgan fingerprint density at radius 2 is 1.81 bits per heavy atom. The highest BCUT2D eigenvalue weighted by molar-refractivity contribution is 7.92. The Hall–Kier alpha value is -2.19. The fourth-order valence-corrected chi connectivity index (χ4v) is 2.58. The summed E-state index contributed by atoms with van der Waals surface area (Å²) in [6, 6.07) is 6.21. The highest BCUT2D eigenvalue weighted by atomic mass is 32.2. The van der Waals surface area contributed by atoms with E-state index in [1.54, 1.807) is 12.1 Å². The molecular formula is C13H16N4O3S. The van der Waals surface area contributed by atoms with Crippen LogP contribution in [0.3, 0.4) is 0 Å². The number of anilines is 1. The van der Waals surface area contributed by atoms with Gasteiger partial charge < -0.3 is 10.1 Å². The van der Waals surface area contributed by atoms with Crippen LogP contribution < -0.4 is 14.8 Å². The SMILES string of the molecule is CNCCOc1ccc(S(=O)(=O)Nc2cncnc2)cc1. The third kappa shape index (κ3) is 4.40. The summed E-state index contributed by atoms with van der Waals surface area (Å²) in [6.45, 7) is 1.23. The van der Waals surface area contributed by atoms with Gasteiger partial charge in [-0.15, -0.1) is 0 Å². The van der Waals surface area contributed by atoms with Crippen molar-refractivity contribution in [3.63, 3.8) is 0 Å². The summed E-state index contributed by atoms with van der Waals surface area (Å²) in [7, 11) is -1.82. The van der Waals surface area contributed by atoms with Gasteiger partial charge in [0.25, 0.3) is 10.0 Å². The van der Waals surface area contributed by atoms with Gasteiger partial charge in [0.2, 0.25) is 0 Å². The van der Waals surface area contributed by atoms with Gasteiger partial charge in [0.05, 0.1) is 23.0 Å². The quantitative estimate of drug-likeness (QED) is 0.737. The molecule has 7 nitrogen and oxygen atoms in total. The van der Waals surface area contributed by atoms with Crippen molar-refractivity contribution in [3.05, 3.63) is 43.0 Å². The molecule has 2 rings (SSSR count). The average Bonchev–Trinajstić information content (AvgIpc) is 2.49. The van der Waals surface area contributed by atoms with E-state index >= 15 is 0 Å². The predicted molar refractivity (Wildman–Crippen MR) is 78.7 cm³/mol. The van der Waals surface area contributed by atoms with Gasteiger partial charge in [-0.1, -0.05) is 0 Å². The zero-order chi connectivity index (χ0) is 15.1. The van der Waals surface area contributed by atoms with Gasteiger partial charge in [-0.05, 0) is 31.3 Å². The summed E-state index contributed by atoms with van der Waals surface area (Å²) in [5.74, 6) is 0.618. The van der Waals surface area contributed by atoms with Crippen molar-refractivity contribution in [2.45, 2.75) is 4.90 Å². The van der Waals surface area contributed by atoms with Crippen LogP contribution in [0.5, 0.6) is 5.75 Å². The highest BCUT2D eigenvalue weighted by Gasteiger charge is 2.14. The van der Waals surface area contributed by atoms with Gasteiger partial charge in [-0.3, -0.25) is 4.72 Å². The molecular weight excluding hydrogens is 292 g/mol. The standard InChI is InChI=1S/C13H16N4O3S/c1-14-6-7-20-12-2-4-13(5-3-12)21(18,19)17-11-8-15-10-16-9-11/h2-5,8-10,14,17H,6-7H2,1H3. The fraction of sp³-hybridized carbons (Fsp3) is 0.231. The highest BCUT2D eigenvalue weighted by Crippen LogP contribution is 2.18. The van der Waals surface area contributed by atoms with Gasteiger partial charge >= 0.3 is 0 Å². The number of ether oxygens (including phenoxy) is 1. The van der Waals surface area contributed by atoms with Crippen molar-refractivity contribution in [2.75, 3.05) is 24.9 Å². The topological polar surface area (TPSA) is 93.2 Å². The van der Waals surface area contributed by atoms with Gasteiger partial charge in [-0.2, -0.15) is 0 Å². The van der Waals surface area contributed by atoms with E-state index in [4.69, 9.17) is 4.74 Å². The van der Waals surface area contributed by atoms with Crippen molar-refractivity contribution in [2.24, 2.45) is 0 Å². The Balaban J connectivity index is 2.06. The number of benzene rings is 1. The third-order valence-electron chi connectivity index (χ3n) is 2.57. The first-order chi connectivity index (χ1) is 10.1. The van der Waals surface area contributed by atoms with Gasteiger partial charge in [0.15, 0.2) is 0 Å². The first kappa shape index (κ1) is 15.2. The molecule has 2 N–H and O–H groups in total. The van der Waals surface area contributed by atoms with Crippen LogP contribution in [0, 0.1) is 0 Å². The molecule has 0 aliphatic rings. The Bertz CT molecular complexity index is 660. The molecule has 112 valence electrons. The smallest absolute Gasteiger partial charge is 0.261 e. The summed E-state index contributed by atoms with van der Waals surface area (Å²) in [5.41, 5.74) is 0.312. The van der Waals surface area contributed by atoms with Crippen LogP contribution in [0.1, 0.15) is 0 Å². The Labute approximate surface area is 123 Å². The molecule has 0 fully saturated rings. The molecule has 0 spiro atoms. The van der Waals surface area contributed by atoms with Crippen molar-refractivity contribution in [3.8, 4) is 5.75 Å². The minimum atomic E-state index is -3.65. The number of nitrogens with zero attached hydrogens (tertiary/aromatic N) is 2. The zero-order valence-electron chi connectivity index (χ0n) is 11.5. The molecule has 0 bridgehead atoms. The number of aromatic nitrogens is 2.